The summed E-state index contributed by atoms with van der Waals surface area (Å²) in [6.07, 6.45) is 12.9. The van der Waals surface area contributed by atoms with Crippen LogP contribution in [-0.2, 0) is 6.54 Å². The van der Waals surface area contributed by atoms with Crippen LogP contribution in [0.1, 0.15) is 45.4 Å². The Balaban J connectivity index is 1.98. The molecule has 0 aliphatic carbocycles. The lowest BCUT2D eigenvalue weighted by Crippen LogP contribution is -2.05. The third-order valence-corrected chi connectivity index (χ3v) is 3.04. The van der Waals surface area contributed by atoms with Gasteiger partial charge in [-0.25, -0.2) is 4.98 Å². The molecule has 0 amide bonds. The van der Waals surface area contributed by atoms with Crippen molar-refractivity contribution < 1.29 is 5.11 Å². The summed E-state index contributed by atoms with van der Waals surface area (Å²) < 4.78 is 2.12. The van der Waals surface area contributed by atoms with E-state index in [0.29, 0.717) is 12.5 Å². The zero-order valence-electron chi connectivity index (χ0n) is 10.3. The molecular formula is C13H24N2O. The predicted octanol–water partition coefficient (Wildman–Crippen LogP) is 2.85. The van der Waals surface area contributed by atoms with E-state index in [1.807, 2.05) is 18.7 Å². The van der Waals surface area contributed by atoms with Crippen LogP contribution in [0, 0.1) is 5.92 Å². The molecule has 0 radical (unpaired) electrons. The molecule has 92 valence electrons. The highest BCUT2D eigenvalue weighted by atomic mass is 16.3. The molecule has 0 aromatic carbocycles. The third-order valence-electron chi connectivity index (χ3n) is 3.04. The van der Waals surface area contributed by atoms with Crippen LogP contribution in [0.4, 0.5) is 0 Å². The molecule has 3 heteroatoms. The fraction of sp³-hybridized carbons (Fsp3) is 0.769. The van der Waals surface area contributed by atoms with Gasteiger partial charge in [-0.1, -0.05) is 26.2 Å². The Labute approximate surface area is 98.5 Å². The highest BCUT2D eigenvalue weighted by Gasteiger charge is 2.05. The first-order valence-corrected chi connectivity index (χ1v) is 6.43. The fourth-order valence-electron chi connectivity index (χ4n) is 2.06. The van der Waals surface area contributed by atoms with E-state index in [2.05, 4.69) is 16.5 Å². The van der Waals surface area contributed by atoms with Crippen molar-refractivity contribution in [3.8, 4) is 0 Å². The average molecular weight is 224 g/mol. The summed E-state index contributed by atoms with van der Waals surface area (Å²) in [5, 5.41) is 9.15. The molecule has 0 aliphatic heterocycles. The van der Waals surface area contributed by atoms with Crippen LogP contribution in [0.2, 0.25) is 0 Å². The van der Waals surface area contributed by atoms with Crippen molar-refractivity contribution in [2.75, 3.05) is 6.61 Å². The number of rotatable bonds is 9. The third kappa shape index (κ3) is 5.31. The van der Waals surface area contributed by atoms with Crippen LogP contribution in [0.25, 0.3) is 0 Å². The number of aliphatic hydroxyl groups excluding tert-OH is 1. The minimum atomic E-state index is 0.357. The van der Waals surface area contributed by atoms with Crippen LogP contribution >= 0.6 is 0 Å². The highest BCUT2D eigenvalue weighted by Crippen LogP contribution is 2.15. The minimum absolute atomic E-state index is 0.357. The lowest BCUT2D eigenvalue weighted by atomic mass is 9.97. The van der Waals surface area contributed by atoms with E-state index in [9.17, 15) is 0 Å². The second-order valence-corrected chi connectivity index (χ2v) is 4.49. The first-order chi connectivity index (χ1) is 7.86. The molecule has 0 spiro atoms. The van der Waals surface area contributed by atoms with Crippen molar-refractivity contribution in [2.24, 2.45) is 5.92 Å². The monoisotopic (exact) mass is 224 g/mol. The van der Waals surface area contributed by atoms with Gasteiger partial charge >= 0.3 is 0 Å². The van der Waals surface area contributed by atoms with Gasteiger partial charge in [0.2, 0.25) is 0 Å². The van der Waals surface area contributed by atoms with E-state index in [4.69, 9.17) is 5.11 Å². The van der Waals surface area contributed by atoms with Crippen LogP contribution in [0.5, 0.6) is 0 Å². The standard InChI is InChI=1S/C13H24N2O/c1-2-6-13(11-16)7-4-3-5-9-15-10-8-14-12-15/h8,10,12-13,16H,2-7,9,11H2,1H3. The quantitative estimate of drug-likeness (QED) is 0.655. The Morgan fingerprint density at radius 2 is 2.12 bits per heavy atom. The first kappa shape index (κ1) is 13.2. The van der Waals surface area contributed by atoms with Gasteiger partial charge in [0.1, 0.15) is 0 Å². The zero-order valence-corrected chi connectivity index (χ0v) is 10.3. The second-order valence-electron chi connectivity index (χ2n) is 4.49. The Kier molecular flexibility index (Phi) is 6.90. The van der Waals surface area contributed by atoms with E-state index in [1.165, 1.54) is 32.1 Å². The topological polar surface area (TPSA) is 38.0 Å². The van der Waals surface area contributed by atoms with E-state index in [0.717, 1.165) is 13.0 Å². The van der Waals surface area contributed by atoms with E-state index >= 15 is 0 Å². The number of hydrogen-bond acceptors (Lipinski definition) is 2. The van der Waals surface area contributed by atoms with E-state index in [1.54, 1.807) is 0 Å². The van der Waals surface area contributed by atoms with Crippen LogP contribution < -0.4 is 0 Å². The summed E-state index contributed by atoms with van der Waals surface area (Å²) in [7, 11) is 0. The Hall–Kier alpha value is -0.830. The van der Waals surface area contributed by atoms with Gasteiger partial charge in [0.25, 0.3) is 0 Å². The molecule has 3 nitrogen and oxygen atoms in total. The molecule has 1 N–H and O–H groups in total. The minimum Gasteiger partial charge on any atom is -0.396 e. The van der Waals surface area contributed by atoms with Crippen molar-refractivity contribution in [2.45, 2.75) is 52.0 Å². The molecule has 1 atom stereocenters. The molecule has 0 fully saturated rings. The maximum absolute atomic E-state index is 9.15. The summed E-state index contributed by atoms with van der Waals surface area (Å²) >= 11 is 0. The Bertz CT molecular complexity index is 246. The van der Waals surface area contributed by atoms with Gasteiger partial charge in [0, 0.05) is 25.5 Å². The van der Waals surface area contributed by atoms with Crippen molar-refractivity contribution in [1.82, 2.24) is 9.55 Å². The van der Waals surface area contributed by atoms with Crippen molar-refractivity contribution in [3.05, 3.63) is 18.7 Å². The van der Waals surface area contributed by atoms with Gasteiger partial charge in [0.15, 0.2) is 0 Å². The van der Waals surface area contributed by atoms with Gasteiger partial charge < -0.3 is 9.67 Å². The van der Waals surface area contributed by atoms with Gasteiger partial charge in [-0.05, 0) is 25.2 Å². The second kappa shape index (κ2) is 8.34. The number of aryl methyl sites for hydroxylation is 1. The fourth-order valence-corrected chi connectivity index (χ4v) is 2.06. The highest BCUT2D eigenvalue weighted by molar-refractivity contribution is 4.73. The van der Waals surface area contributed by atoms with Crippen molar-refractivity contribution in [1.29, 1.82) is 0 Å². The Morgan fingerprint density at radius 3 is 2.75 bits per heavy atom. The molecular weight excluding hydrogens is 200 g/mol. The van der Waals surface area contributed by atoms with Crippen LogP contribution in [-0.4, -0.2) is 21.3 Å². The molecule has 0 aliphatic rings. The Morgan fingerprint density at radius 1 is 1.25 bits per heavy atom. The lowest BCUT2D eigenvalue weighted by molar-refractivity contribution is 0.206. The number of aromatic nitrogens is 2. The number of aliphatic hydroxyl groups is 1. The number of nitrogens with zero attached hydrogens (tertiary/aromatic N) is 2. The summed E-state index contributed by atoms with van der Waals surface area (Å²) in [6.45, 7) is 3.61. The number of unbranched alkanes of at least 4 members (excludes halogenated alkanes) is 2. The van der Waals surface area contributed by atoms with E-state index in [-0.39, 0.29) is 0 Å². The maximum Gasteiger partial charge on any atom is 0.0945 e. The van der Waals surface area contributed by atoms with E-state index < -0.39 is 0 Å². The first-order valence-electron chi connectivity index (χ1n) is 6.43. The molecule has 1 aromatic rings. The molecule has 0 saturated heterocycles. The summed E-state index contributed by atoms with van der Waals surface area (Å²) in [6, 6.07) is 0. The largest absolute Gasteiger partial charge is 0.396 e. The molecule has 0 bridgehead atoms. The van der Waals surface area contributed by atoms with Crippen LogP contribution in [0.15, 0.2) is 18.7 Å². The van der Waals surface area contributed by atoms with Crippen LogP contribution in [0.3, 0.4) is 0 Å². The summed E-state index contributed by atoms with van der Waals surface area (Å²) in [5.74, 6) is 0.526. The maximum atomic E-state index is 9.15. The van der Waals surface area contributed by atoms with Gasteiger partial charge in [-0.2, -0.15) is 0 Å². The molecule has 1 aromatic heterocycles. The summed E-state index contributed by atoms with van der Waals surface area (Å²) in [4.78, 5) is 4.02. The van der Waals surface area contributed by atoms with Crippen molar-refractivity contribution in [3.63, 3.8) is 0 Å². The summed E-state index contributed by atoms with van der Waals surface area (Å²) in [5.41, 5.74) is 0. The molecule has 16 heavy (non-hydrogen) atoms. The smallest absolute Gasteiger partial charge is 0.0945 e. The molecule has 1 heterocycles. The number of imidazole rings is 1. The predicted molar refractivity (Wildman–Crippen MR) is 66.2 cm³/mol. The average Bonchev–Trinajstić information content (AvgIpc) is 2.80. The van der Waals surface area contributed by atoms with Gasteiger partial charge in [-0.15, -0.1) is 0 Å². The van der Waals surface area contributed by atoms with Gasteiger partial charge in [0.05, 0.1) is 6.33 Å². The van der Waals surface area contributed by atoms with Crippen molar-refractivity contribution >= 4 is 0 Å². The lowest BCUT2D eigenvalue weighted by Gasteiger charge is -2.12. The molecule has 0 saturated carbocycles. The normalized spacial score (nSPS) is 12.9. The van der Waals surface area contributed by atoms with Gasteiger partial charge in [-0.3, -0.25) is 0 Å². The molecule has 1 rings (SSSR count). The zero-order chi connectivity index (χ0) is 11.6. The SMILES string of the molecule is CCCC(CO)CCCCCn1ccnc1. The number of hydrogen-bond donors (Lipinski definition) is 1. The molecule has 1 unspecified atom stereocenters.